The molecule has 1 atom stereocenters. The van der Waals surface area contributed by atoms with Crippen LogP contribution in [0.4, 0.5) is 0 Å². The van der Waals surface area contributed by atoms with Gasteiger partial charge in [0.15, 0.2) is 0 Å². The molecule has 0 rings (SSSR count). The summed E-state index contributed by atoms with van der Waals surface area (Å²) in [5.74, 6) is 0. The summed E-state index contributed by atoms with van der Waals surface area (Å²) in [5.41, 5.74) is 0. The highest BCUT2D eigenvalue weighted by Crippen LogP contribution is 2.09. The lowest BCUT2D eigenvalue weighted by Gasteiger charge is -1.97. The van der Waals surface area contributed by atoms with Gasteiger partial charge in [0.1, 0.15) is 0 Å². The molecule has 0 heterocycles. The van der Waals surface area contributed by atoms with Crippen molar-refractivity contribution < 1.29 is 0 Å². The molecule has 0 aliphatic carbocycles. The Morgan fingerprint density at radius 1 is 2.00 bits per heavy atom. The van der Waals surface area contributed by atoms with Gasteiger partial charge in [0.2, 0.25) is 0 Å². The second-order valence-corrected chi connectivity index (χ2v) is 4.04. The Balaban J connectivity index is 3.35. The van der Waals surface area contributed by atoms with Crippen molar-refractivity contribution in [2.75, 3.05) is 6.26 Å². The Morgan fingerprint density at radius 3 is 2.43 bits per heavy atom. The molecule has 0 saturated carbocycles. The van der Waals surface area contributed by atoms with Crippen LogP contribution in [-0.4, -0.2) is 14.4 Å². The third kappa shape index (κ3) is 3.73. The van der Waals surface area contributed by atoms with E-state index in [9.17, 15) is 0 Å². The first-order valence-corrected chi connectivity index (χ1v) is 4.61. The van der Waals surface area contributed by atoms with Crippen LogP contribution in [0.25, 0.3) is 0 Å². The van der Waals surface area contributed by atoms with Crippen molar-refractivity contribution in [2.24, 2.45) is 0 Å². The summed E-state index contributed by atoms with van der Waals surface area (Å²) in [4.78, 5) is 0. The van der Waals surface area contributed by atoms with E-state index in [4.69, 9.17) is 12.2 Å². The normalized spacial score (nSPS) is 13.6. The minimum absolute atomic E-state index is 0.280. The Kier molecular flexibility index (Phi) is 4.77. The van der Waals surface area contributed by atoms with E-state index in [0.29, 0.717) is 0 Å². The van der Waals surface area contributed by atoms with Crippen LogP contribution < -0.4 is 0 Å². The van der Waals surface area contributed by atoms with Crippen molar-refractivity contribution in [3.63, 3.8) is 0 Å². The molecular formula is C4H6IS2. The predicted octanol–water partition coefficient (Wildman–Crippen LogP) is 2.31. The fraction of sp³-hybridized carbons (Fsp3) is 0.500. The summed E-state index contributed by atoms with van der Waals surface area (Å²) in [6.07, 6.45) is 1.97. The second kappa shape index (κ2) is 4.09. The summed E-state index contributed by atoms with van der Waals surface area (Å²) in [7, 11) is 0. The molecule has 0 aliphatic rings. The first kappa shape index (κ1) is 8.17. The Labute approximate surface area is 67.6 Å². The van der Waals surface area contributed by atoms with E-state index in [2.05, 4.69) is 29.5 Å². The fourth-order valence-corrected chi connectivity index (χ4v) is 1.15. The highest BCUT2D eigenvalue weighted by molar-refractivity contribution is 14.1. The van der Waals surface area contributed by atoms with E-state index in [1.807, 2.05) is 6.26 Å². The van der Waals surface area contributed by atoms with Gasteiger partial charge in [-0.1, -0.05) is 34.8 Å². The van der Waals surface area contributed by atoms with E-state index in [-0.39, 0.29) is 3.92 Å². The molecule has 41 valence electrons. The first-order valence-electron chi connectivity index (χ1n) is 1.73. The van der Waals surface area contributed by atoms with Gasteiger partial charge < -0.3 is 0 Å². The van der Waals surface area contributed by atoms with Crippen molar-refractivity contribution in [2.45, 2.75) is 3.92 Å². The molecule has 3 heteroatoms. The molecular weight excluding hydrogens is 239 g/mol. The molecule has 0 aliphatic heterocycles. The van der Waals surface area contributed by atoms with Crippen LogP contribution in [0.2, 0.25) is 0 Å². The van der Waals surface area contributed by atoms with Gasteiger partial charge in [-0.15, -0.1) is 11.8 Å². The zero-order valence-corrected chi connectivity index (χ0v) is 7.77. The third-order valence-corrected chi connectivity index (χ3v) is 3.40. The van der Waals surface area contributed by atoms with Gasteiger partial charge >= 0.3 is 0 Å². The van der Waals surface area contributed by atoms with Gasteiger partial charge in [-0.25, -0.2) is 0 Å². The quantitative estimate of drug-likeness (QED) is 0.395. The maximum Gasteiger partial charge on any atom is 0.0604 e. The lowest BCUT2D eigenvalue weighted by atomic mass is 10.6. The zero-order chi connectivity index (χ0) is 5.86. The number of thiocarbonyl (C=S) groups is 1. The number of hydrogen-bond acceptors (Lipinski definition) is 2. The van der Waals surface area contributed by atoms with Gasteiger partial charge in [0, 0.05) is 0 Å². The number of hydrogen-bond donors (Lipinski definition) is 0. The first-order chi connectivity index (χ1) is 3.18. The van der Waals surface area contributed by atoms with Gasteiger partial charge in [-0.2, -0.15) is 0 Å². The van der Waals surface area contributed by atoms with Gasteiger partial charge in [0.25, 0.3) is 0 Å². The van der Waals surface area contributed by atoms with Crippen molar-refractivity contribution in [3.8, 4) is 0 Å². The van der Waals surface area contributed by atoms with Crippen molar-refractivity contribution >= 4 is 50.8 Å². The smallest absolute Gasteiger partial charge is 0.0604 e. The molecule has 0 amide bonds. The van der Waals surface area contributed by atoms with Crippen molar-refractivity contribution in [3.05, 3.63) is 6.92 Å². The van der Waals surface area contributed by atoms with Crippen LogP contribution in [0.5, 0.6) is 0 Å². The van der Waals surface area contributed by atoms with Crippen LogP contribution in [-0.2, 0) is 0 Å². The Morgan fingerprint density at radius 2 is 2.43 bits per heavy atom. The summed E-state index contributed by atoms with van der Waals surface area (Å²) in [5, 5.41) is 0. The minimum atomic E-state index is 0.280. The molecule has 0 saturated heterocycles. The number of alkyl halides is 1. The van der Waals surface area contributed by atoms with Crippen LogP contribution in [0.3, 0.4) is 0 Å². The van der Waals surface area contributed by atoms with E-state index in [0.717, 1.165) is 4.20 Å². The fourth-order valence-electron chi connectivity index (χ4n) is 0.128. The molecule has 0 fully saturated rings. The molecule has 7 heavy (non-hydrogen) atoms. The zero-order valence-electron chi connectivity index (χ0n) is 3.98. The van der Waals surface area contributed by atoms with E-state index in [1.165, 1.54) is 0 Å². The molecule has 1 radical (unpaired) electrons. The molecule has 1 unspecified atom stereocenters. The average Bonchev–Trinajstić information content (AvgIpc) is 1.65. The van der Waals surface area contributed by atoms with Crippen LogP contribution in [0.15, 0.2) is 0 Å². The SMILES string of the molecule is [CH2]C(I)C(=S)SC. The van der Waals surface area contributed by atoms with Gasteiger partial charge in [-0.3, -0.25) is 0 Å². The van der Waals surface area contributed by atoms with Crippen LogP contribution >= 0.6 is 46.6 Å². The summed E-state index contributed by atoms with van der Waals surface area (Å²) in [6.45, 7) is 3.73. The van der Waals surface area contributed by atoms with Crippen molar-refractivity contribution in [1.29, 1.82) is 0 Å². The molecule has 0 aromatic rings. The summed E-state index contributed by atoms with van der Waals surface area (Å²) >= 11 is 8.66. The average molecular weight is 245 g/mol. The lowest BCUT2D eigenvalue weighted by molar-refractivity contribution is 1.68. The van der Waals surface area contributed by atoms with E-state index < -0.39 is 0 Å². The number of halogens is 1. The number of thioether (sulfide) groups is 1. The van der Waals surface area contributed by atoms with Gasteiger partial charge in [0.05, 0.1) is 8.12 Å². The summed E-state index contributed by atoms with van der Waals surface area (Å²) < 4.78 is 1.25. The highest BCUT2D eigenvalue weighted by Gasteiger charge is 1.98. The molecule has 0 spiro atoms. The Bertz CT molecular complexity index is 70.1. The van der Waals surface area contributed by atoms with E-state index >= 15 is 0 Å². The van der Waals surface area contributed by atoms with Crippen LogP contribution in [0.1, 0.15) is 0 Å². The monoisotopic (exact) mass is 245 g/mol. The van der Waals surface area contributed by atoms with Crippen molar-refractivity contribution in [1.82, 2.24) is 0 Å². The minimum Gasteiger partial charge on any atom is -0.121 e. The third-order valence-electron chi connectivity index (χ3n) is 0.457. The summed E-state index contributed by atoms with van der Waals surface area (Å²) in [6, 6.07) is 0. The highest BCUT2D eigenvalue weighted by atomic mass is 127. The maximum atomic E-state index is 4.87. The Hall–Kier alpha value is 1.17. The molecule has 0 aromatic heterocycles. The standard InChI is InChI=1S/C4H6IS2/c1-3(5)4(6)7-2/h3H,1H2,2H3. The predicted molar refractivity (Wildman–Crippen MR) is 49.3 cm³/mol. The number of rotatable bonds is 1. The topological polar surface area (TPSA) is 0 Å². The van der Waals surface area contributed by atoms with E-state index in [1.54, 1.807) is 11.8 Å². The lowest BCUT2D eigenvalue weighted by Crippen LogP contribution is -1.99. The molecule has 0 N–H and O–H groups in total. The molecule has 0 bridgehead atoms. The molecule has 0 nitrogen and oxygen atoms in total. The molecule has 0 aromatic carbocycles. The maximum absolute atomic E-state index is 4.87. The second-order valence-electron chi connectivity index (χ2n) is 0.991. The van der Waals surface area contributed by atoms with Gasteiger partial charge in [-0.05, 0) is 13.2 Å². The largest absolute Gasteiger partial charge is 0.121 e. The van der Waals surface area contributed by atoms with Crippen LogP contribution in [0, 0.1) is 6.92 Å².